The number of anilines is 1. The third-order valence-corrected chi connectivity index (χ3v) is 4.17. The van der Waals surface area contributed by atoms with Crippen molar-refractivity contribution in [2.24, 2.45) is 5.92 Å². The molecule has 1 atom stereocenters. The molecule has 116 valence electrons. The summed E-state index contributed by atoms with van der Waals surface area (Å²) in [5.41, 5.74) is 2.40. The lowest BCUT2D eigenvalue weighted by Gasteiger charge is -2.31. The molecule has 2 rings (SSSR count). The number of benzene rings is 1. The summed E-state index contributed by atoms with van der Waals surface area (Å²) >= 11 is 0. The number of nitrogens with one attached hydrogen (secondary N) is 1. The summed E-state index contributed by atoms with van der Waals surface area (Å²) in [5, 5.41) is 3.34. The van der Waals surface area contributed by atoms with Crippen LogP contribution in [0, 0.1) is 5.92 Å². The van der Waals surface area contributed by atoms with Gasteiger partial charge in [0.2, 0.25) is 5.91 Å². The van der Waals surface area contributed by atoms with Crippen LogP contribution in [0.4, 0.5) is 5.69 Å². The van der Waals surface area contributed by atoms with E-state index in [0.29, 0.717) is 12.5 Å². The molecule has 0 bridgehead atoms. The van der Waals surface area contributed by atoms with E-state index in [-0.39, 0.29) is 11.3 Å². The Bertz CT molecular complexity index is 490. The predicted octanol–water partition coefficient (Wildman–Crippen LogP) is 3.65. The summed E-state index contributed by atoms with van der Waals surface area (Å²) in [5.74, 6) is 0.842. The molecule has 1 aliphatic heterocycles. The molecule has 21 heavy (non-hydrogen) atoms. The standard InChI is InChI=1S/C18H28N2O/c1-14-8-7-11-20(13-14)17(21)12-19-16-10-6-5-9-15(16)18(2,3)4/h5-6,9-10,14,19H,7-8,11-13H2,1-4H3. The first-order valence-electron chi connectivity index (χ1n) is 7.99. The van der Waals surface area contributed by atoms with Gasteiger partial charge in [0, 0.05) is 18.8 Å². The molecule has 3 heteroatoms. The van der Waals surface area contributed by atoms with Gasteiger partial charge in [0.05, 0.1) is 6.54 Å². The number of nitrogens with zero attached hydrogens (tertiary/aromatic N) is 1. The van der Waals surface area contributed by atoms with Gasteiger partial charge >= 0.3 is 0 Å². The van der Waals surface area contributed by atoms with Crippen LogP contribution in [0.25, 0.3) is 0 Å². The van der Waals surface area contributed by atoms with Gasteiger partial charge in [0.1, 0.15) is 0 Å². The number of hydrogen-bond donors (Lipinski definition) is 1. The zero-order valence-corrected chi connectivity index (χ0v) is 13.8. The van der Waals surface area contributed by atoms with Crippen LogP contribution in [-0.2, 0) is 10.2 Å². The van der Waals surface area contributed by atoms with E-state index in [4.69, 9.17) is 0 Å². The lowest BCUT2D eigenvalue weighted by Crippen LogP contribution is -2.42. The molecule has 0 spiro atoms. The minimum absolute atomic E-state index is 0.0757. The maximum Gasteiger partial charge on any atom is 0.241 e. The Labute approximate surface area is 128 Å². The molecule has 1 amide bonds. The molecular formula is C18H28N2O. The summed E-state index contributed by atoms with van der Waals surface area (Å²) in [6, 6.07) is 8.27. The Balaban J connectivity index is 1.98. The maximum absolute atomic E-state index is 12.3. The van der Waals surface area contributed by atoms with Crippen molar-refractivity contribution in [3.63, 3.8) is 0 Å². The van der Waals surface area contributed by atoms with Crippen LogP contribution in [0.3, 0.4) is 0 Å². The van der Waals surface area contributed by atoms with E-state index in [9.17, 15) is 4.79 Å². The van der Waals surface area contributed by atoms with Crippen molar-refractivity contribution < 1.29 is 4.79 Å². The van der Waals surface area contributed by atoms with Gasteiger partial charge < -0.3 is 10.2 Å². The number of para-hydroxylation sites is 1. The number of piperidine rings is 1. The first kappa shape index (κ1) is 15.9. The number of hydrogen-bond acceptors (Lipinski definition) is 2. The summed E-state index contributed by atoms with van der Waals surface area (Å²) in [4.78, 5) is 14.3. The average Bonchev–Trinajstić information content (AvgIpc) is 2.44. The SMILES string of the molecule is CC1CCCN(C(=O)CNc2ccccc2C(C)(C)C)C1. The fraction of sp³-hybridized carbons (Fsp3) is 0.611. The van der Waals surface area contributed by atoms with Crippen LogP contribution in [-0.4, -0.2) is 30.4 Å². The number of likely N-dealkylation sites (tertiary alicyclic amines) is 1. The van der Waals surface area contributed by atoms with Gasteiger partial charge in [-0.05, 0) is 35.8 Å². The molecule has 3 nitrogen and oxygen atoms in total. The first-order chi connectivity index (χ1) is 9.88. The smallest absolute Gasteiger partial charge is 0.241 e. The minimum atomic E-state index is 0.0757. The second kappa shape index (κ2) is 6.50. The Morgan fingerprint density at radius 2 is 2.05 bits per heavy atom. The van der Waals surface area contributed by atoms with Crippen LogP contribution in [0.5, 0.6) is 0 Å². The zero-order chi connectivity index (χ0) is 15.5. The highest BCUT2D eigenvalue weighted by Gasteiger charge is 2.22. The van der Waals surface area contributed by atoms with Gasteiger partial charge in [-0.3, -0.25) is 4.79 Å². The van der Waals surface area contributed by atoms with Gasteiger partial charge in [-0.1, -0.05) is 45.9 Å². The highest BCUT2D eigenvalue weighted by atomic mass is 16.2. The van der Waals surface area contributed by atoms with Crippen LogP contribution in [0.1, 0.15) is 46.1 Å². The second-order valence-electron chi connectivity index (χ2n) is 7.24. The molecule has 1 fully saturated rings. The Morgan fingerprint density at radius 3 is 2.71 bits per heavy atom. The maximum atomic E-state index is 12.3. The van der Waals surface area contributed by atoms with Gasteiger partial charge in [0.25, 0.3) is 0 Å². The topological polar surface area (TPSA) is 32.3 Å². The van der Waals surface area contributed by atoms with Gasteiger partial charge in [-0.15, -0.1) is 0 Å². The summed E-state index contributed by atoms with van der Waals surface area (Å²) in [6.45, 7) is 11.0. The highest BCUT2D eigenvalue weighted by molar-refractivity contribution is 5.81. The van der Waals surface area contributed by atoms with Crippen LogP contribution in [0.15, 0.2) is 24.3 Å². The Hall–Kier alpha value is -1.51. The van der Waals surface area contributed by atoms with Gasteiger partial charge in [-0.25, -0.2) is 0 Å². The minimum Gasteiger partial charge on any atom is -0.376 e. The van der Waals surface area contributed by atoms with Crippen molar-refractivity contribution in [1.29, 1.82) is 0 Å². The van der Waals surface area contributed by atoms with Crippen LogP contribution >= 0.6 is 0 Å². The van der Waals surface area contributed by atoms with Crippen molar-refractivity contribution in [1.82, 2.24) is 4.90 Å². The molecule has 0 saturated carbocycles. The molecule has 0 aromatic heterocycles. The van der Waals surface area contributed by atoms with E-state index in [2.05, 4.69) is 51.2 Å². The zero-order valence-electron chi connectivity index (χ0n) is 13.8. The van der Waals surface area contributed by atoms with Crippen molar-refractivity contribution in [2.75, 3.05) is 25.0 Å². The lowest BCUT2D eigenvalue weighted by molar-refractivity contribution is -0.130. The number of rotatable bonds is 3. The van der Waals surface area contributed by atoms with Crippen molar-refractivity contribution in [2.45, 2.75) is 46.0 Å². The fourth-order valence-corrected chi connectivity index (χ4v) is 2.99. The van der Waals surface area contributed by atoms with Crippen molar-refractivity contribution in [3.05, 3.63) is 29.8 Å². The molecule has 1 saturated heterocycles. The highest BCUT2D eigenvalue weighted by Crippen LogP contribution is 2.29. The summed E-state index contributed by atoms with van der Waals surface area (Å²) < 4.78 is 0. The molecule has 0 aliphatic carbocycles. The first-order valence-corrected chi connectivity index (χ1v) is 7.99. The van der Waals surface area contributed by atoms with E-state index >= 15 is 0 Å². The molecule has 1 unspecified atom stereocenters. The molecule has 1 aromatic carbocycles. The van der Waals surface area contributed by atoms with Crippen LogP contribution < -0.4 is 5.32 Å². The largest absolute Gasteiger partial charge is 0.376 e. The normalized spacial score (nSPS) is 19.4. The quantitative estimate of drug-likeness (QED) is 0.920. The second-order valence-corrected chi connectivity index (χ2v) is 7.24. The number of carbonyl (C=O) groups excluding carboxylic acids is 1. The van der Waals surface area contributed by atoms with E-state index in [1.807, 2.05) is 11.0 Å². The monoisotopic (exact) mass is 288 g/mol. The molecule has 1 aromatic rings. The predicted molar refractivity (Wildman–Crippen MR) is 88.6 cm³/mol. The fourth-order valence-electron chi connectivity index (χ4n) is 2.99. The van der Waals surface area contributed by atoms with Crippen molar-refractivity contribution in [3.8, 4) is 0 Å². The molecule has 1 aliphatic rings. The number of amides is 1. The molecule has 1 N–H and O–H groups in total. The summed E-state index contributed by atoms with van der Waals surface area (Å²) in [7, 11) is 0. The average molecular weight is 288 g/mol. The number of carbonyl (C=O) groups is 1. The van der Waals surface area contributed by atoms with E-state index in [0.717, 1.165) is 25.2 Å². The third kappa shape index (κ3) is 4.23. The Morgan fingerprint density at radius 1 is 1.33 bits per heavy atom. The molecule has 1 heterocycles. The summed E-state index contributed by atoms with van der Waals surface area (Å²) in [6.07, 6.45) is 2.37. The van der Waals surface area contributed by atoms with Crippen LogP contribution in [0.2, 0.25) is 0 Å². The Kier molecular flexibility index (Phi) is 4.92. The van der Waals surface area contributed by atoms with Gasteiger partial charge in [-0.2, -0.15) is 0 Å². The molecule has 0 radical (unpaired) electrons. The lowest BCUT2D eigenvalue weighted by atomic mass is 9.86. The van der Waals surface area contributed by atoms with E-state index in [1.165, 1.54) is 12.0 Å². The molecular weight excluding hydrogens is 260 g/mol. The van der Waals surface area contributed by atoms with Crippen molar-refractivity contribution >= 4 is 11.6 Å². The third-order valence-electron chi connectivity index (χ3n) is 4.17. The van der Waals surface area contributed by atoms with E-state index < -0.39 is 0 Å². The van der Waals surface area contributed by atoms with Gasteiger partial charge in [0.15, 0.2) is 0 Å². The van der Waals surface area contributed by atoms with E-state index in [1.54, 1.807) is 0 Å².